The van der Waals surface area contributed by atoms with Crippen LogP contribution in [0.1, 0.15) is 107 Å². The van der Waals surface area contributed by atoms with Crippen molar-refractivity contribution in [1.82, 2.24) is 0 Å². The molecule has 0 aliphatic heterocycles. The second-order valence-corrected chi connectivity index (χ2v) is 14.5. The highest BCUT2D eigenvalue weighted by Gasteiger charge is 2.63. The first-order valence-corrected chi connectivity index (χ1v) is 16.0. The minimum absolute atomic E-state index is 0.0166. The Balaban J connectivity index is 0.000000510. The lowest BCUT2D eigenvalue weighted by atomic mass is 9.39. The van der Waals surface area contributed by atoms with Gasteiger partial charge in [0, 0.05) is 24.2 Å². The fraction of sp³-hybridized carbons (Fsp3) is 0.750. The maximum atomic E-state index is 13.9. The second kappa shape index (κ2) is 13.9. The van der Waals surface area contributed by atoms with E-state index >= 15 is 0 Å². The molecule has 5 aliphatic carbocycles. The summed E-state index contributed by atoms with van der Waals surface area (Å²) in [7, 11) is 2.66. The molecule has 7 heteroatoms. The van der Waals surface area contributed by atoms with Gasteiger partial charge in [0.15, 0.2) is 11.6 Å². The van der Waals surface area contributed by atoms with Gasteiger partial charge in [-0.2, -0.15) is 5.26 Å². The topological polar surface area (TPSA) is 111 Å². The van der Waals surface area contributed by atoms with Gasteiger partial charge in [0.05, 0.1) is 19.8 Å². The molecule has 8 unspecified atom stereocenters. The number of allylic oxidation sites excluding steroid dienone is 4. The second-order valence-electron chi connectivity index (χ2n) is 14.5. The van der Waals surface area contributed by atoms with Crippen LogP contribution in [0.5, 0.6) is 0 Å². The van der Waals surface area contributed by atoms with Gasteiger partial charge in [-0.05, 0) is 85.0 Å². The highest BCUT2D eigenvalue weighted by Crippen LogP contribution is 2.69. The van der Waals surface area contributed by atoms with Crippen LogP contribution in [0.4, 0.5) is 0 Å². The first-order chi connectivity index (χ1) is 20.0. The van der Waals surface area contributed by atoms with Gasteiger partial charge in [0.2, 0.25) is 0 Å². The van der Waals surface area contributed by atoms with Gasteiger partial charge < -0.3 is 9.47 Å². The lowest BCUT2D eigenvalue weighted by molar-refractivity contribution is -0.144. The van der Waals surface area contributed by atoms with Crippen LogP contribution in [0.25, 0.3) is 0 Å². The van der Waals surface area contributed by atoms with Gasteiger partial charge in [0.1, 0.15) is 6.07 Å². The van der Waals surface area contributed by atoms with Gasteiger partial charge in [-0.3, -0.25) is 19.2 Å². The average Bonchev–Trinajstić information content (AvgIpc) is 2.97. The molecule has 8 atom stereocenters. The molecule has 5 rings (SSSR count). The highest BCUT2D eigenvalue weighted by molar-refractivity contribution is 6.02. The molecule has 0 aromatic carbocycles. The largest absolute Gasteiger partial charge is 0.471 e. The summed E-state index contributed by atoms with van der Waals surface area (Å²) in [6.07, 6.45) is 12.0. The number of hydrogen-bond acceptors (Lipinski definition) is 7. The van der Waals surface area contributed by atoms with Crippen molar-refractivity contribution in [2.75, 3.05) is 14.2 Å². The SMILES string of the molecule is CC.CC1C(=O)C(C#N)=CC2(C)C3=CC(=O)C4C5CC(C)(C)CCC5(C)CCC4C3(C)CCC12.COC(C)=O.COC=O. The van der Waals surface area contributed by atoms with Gasteiger partial charge in [-0.1, -0.05) is 67.0 Å². The van der Waals surface area contributed by atoms with Gasteiger partial charge in [0.25, 0.3) is 6.47 Å². The molecule has 0 saturated heterocycles. The molecule has 0 bridgehead atoms. The zero-order chi connectivity index (χ0) is 33.0. The summed E-state index contributed by atoms with van der Waals surface area (Å²) in [5.41, 5.74) is 1.71. The Morgan fingerprint density at radius 2 is 1.53 bits per heavy atom. The molecule has 0 aromatic heterocycles. The summed E-state index contributed by atoms with van der Waals surface area (Å²) in [5.74, 6) is 1.06. The predicted molar refractivity (Wildman–Crippen MR) is 167 cm³/mol. The highest BCUT2D eigenvalue weighted by atomic mass is 16.5. The number of nitrogens with zero attached hydrogens (tertiary/aromatic N) is 1. The monoisotopic (exact) mass is 597 g/mol. The van der Waals surface area contributed by atoms with Gasteiger partial charge in [-0.15, -0.1) is 0 Å². The van der Waals surface area contributed by atoms with Crippen LogP contribution in [0.15, 0.2) is 23.3 Å². The quantitative estimate of drug-likeness (QED) is 0.228. The number of ketones is 2. The van der Waals surface area contributed by atoms with Crippen LogP contribution in [-0.2, 0) is 28.7 Å². The number of carbonyl (C=O) groups excluding carboxylic acids is 4. The predicted octanol–water partition coefficient (Wildman–Crippen LogP) is 7.44. The molecule has 5 aliphatic rings. The minimum atomic E-state index is -0.376. The zero-order valence-electron chi connectivity index (χ0n) is 28.5. The Hall–Kier alpha value is -2.75. The minimum Gasteiger partial charge on any atom is -0.471 e. The molecule has 3 fully saturated rings. The molecule has 43 heavy (non-hydrogen) atoms. The van der Waals surface area contributed by atoms with Crippen LogP contribution >= 0.6 is 0 Å². The van der Waals surface area contributed by atoms with E-state index in [0.29, 0.717) is 35.1 Å². The van der Waals surface area contributed by atoms with Crippen LogP contribution in [0, 0.1) is 62.6 Å². The number of esters is 1. The zero-order valence-corrected chi connectivity index (χ0v) is 28.5. The Morgan fingerprint density at radius 3 is 2.05 bits per heavy atom. The van der Waals surface area contributed by atoms with E-state index in [1.165, 1.54) is 46.0 Å². The summed E-state index contributed by atoms with van der Waals surface area (Å²) in [6.45, 7) is 19.5. The van der Waals surface area contributed by atoms with Crippen molar-refractivity contribution < 1.29 is 28.7 Å². The van der Waals surface area contributed by atoms with Crippen molar-refractivity contribution in [1.29, 1.82) is 5.26 Å². The van der Waals surface area contributed by atoms with Crippen molar-refractivity contribution in [2.45, 2.75) is 107 Å². The summed E-state index contributed by atoms with van der Waals surface area (Å²) in [6, 6.07) is 2.17. The Labute approximate surface area is 259 Å². The molecule has 0 heterocycles. The molecule has 7 nitrogen and oxygen atoms in total. The number of rotatable bonds is 1. The third kappa shape index (κ3) is 6.84. The number of nitriles is 1. The number of ether oxygens (including phenoxy) is 2. The van der Waals surface area contributed by atoms with Crippen molar-refractivity contribution in [3.05, 3.63) is 23.3 Å². The number of hydrogen-bond donors (Lipinski definition) is 0. The van der Waals surface area contributed by atoms with Crippen LogP contribution < -0.4 is 0 Å². The molecule has 3 saturated carbocycles. The molecule has 0 N–H and O–H groups in total. The molecular weight excluding hydrogens is 542 g/mol. The lowest BCUT2D eigenvalue weighted by Gasteiger charge is -2.64. The van der Waals surface area contributed by atoms with Crippen molar-refractivity contribution >= 4 is 24.0 Å². The van der Waals surface area contributed by atoms with E-state index in [4.69, 9.17) is 4.79 Å². The first kappa shape index (κ1) is 36.4. The van der Waals surface area contributed by atoms with Gasteiger partial charge >= 0.3 is 5.97 Å². The number of carbonyl (C=O) groups is 4. The third-order valence-corrected chi connectivity index (χ3v) is 11.5. The van der Waals surface area contributed by atoms with Crippen LogP contribution in [0.2, 0.25) is 0 Å². The smallest absolute Gasteiger partial charge is 0.302 e. The van der Waals surface area contributed by atoms with E-state index in [0.717, 1.165) is 25.7 Å². The lowest BCUT2D eigenvalue weighted by Crippen LogP contribution is -2.59. The number of Topliss-reactive ketones (excluding diaryl/α,β-unsaturated/α-hetero) is 1. The van der Waals surface area contributed by atoms with Crippen LogP contribution in [0.3, 0.4) is 0 Å². The van der Waals surface area contributed by atoms with Crippen molar-refractivity contribution in [3.63, 3.8) is 0 Å². The first-order valence-electron chi connectivity index (χ1n) is 16.0. The Kier molecular flexibility index (Phi) is 11.8. The molecule has 0 aromatic rings. The standard InChI is InChI=1S/C29H39NO2.C3H6O2.C2H4O2.C2H6/c1-17-19-8-10-28(5)20-7-9-27(4)12-11-26(2,3)15-21(27)24(20)22(31)13-23(28)29(19,6)14-18(16-30)25(17)32;1-3(4)5-2;1-4-2-3;1-2/h13-14,17,19-21,24H,7-12,15H2,1-6H3;1-2H3;2H,1H3;1-2H3. The molecular formula is C36H55NO6. The van der Waals surface area contributed by atoms with Crippen molar-refractivity contribution in [3.8, 4) is 6.07 Å². The molecule has 0 amide bonds. The van der Waals surface area contributed by atoms with Crippen molar-refractivity contribution in [2.24, 2.45) is 51.2 Å². The fourth-order valence-corrected chi connectivity index (χ4v) is 9.17. The van der Waals surface area contributed by atoms with E-state index in [-0.39, 0.29) is 45.8 Å². The number of fused-ring (bicyclic) bond motifs is 7. The van der Waals surface area contributed by atoms with E-state index in [9.17, 15) is 19.6 Å². The summed E-state index contributed by atoms with van der Waals surface area (Å²) >= 11 is 0. The summed E-state index contributed by atoms with van der Waals surface area (Å²) in [5, 5.41) is 9.66. The third-order valence-electron chi connectivity index (χ3n) is 11.5. The van der Waals surface area contributed by atoms with E-state index in [2.05, 4.69) is 50.2 Å². The van der Waals surface area contributed by atoms with Gasteiger partial charge in [-0.25, -0.2) is 0 Å². The number of methoxy groups -OCH3 is 2. The van der Waals surface area contributed by atoms with E-state index < -0.39 is 0 Å². The van der Waals surface area contributed by atoms with Crippen LogP contribution in [-0.4, -0.2) is 38.2 Å². The maximum absolute atomic E-state index is 13.9. The summed E-state index contributed by atoms with van der Waals surface area (Å²) in [4.78, 5) is 45.2. The molecule has 0 radical (unpaired) electrons. The van der Waals surface area contributed by atoms with E-state index in [1.807, 2.05) is 32.9 Å². The summed E-state index contributed by atoms with van der Waals surface area (Å²) < 4.78 is 7.97. The Bertz CT molecular complexity index is 1180. The molecule has 0 spiro atoms. The van der Waals surface area contributed by atoms with E-state index in [1.54, 1.807) is 0 Å². The maximum Gasteiger partial charge on any atom is 0.302 e. The fourth-order valence-electron chi connectivity index (χ4n) is 9.17. The average molecular weight is 598 g/mol. The molecule has 240 valence electrons. The normalized spacial score (nSPS) is 38.2. The Morgan fingerprint density at radius 1 is 0.977 bits per heavy atom.